The molecule has 0 unspecified atom stereocenters. The van der Waals surface area contributed by atoms with Crippen molar-refractivity contribution in [1.82, 2.24) is 0 Å². The first kappa shape index (κ1) is 16.0. The molecule has 5 atom stereocenters. The smallest absolute Gasteiger partial charge is 0.347 e. The van der Waals surface area contributed by atoms with Crippen LogP contribution in [0.25, 0.3) is 0 Å². The van der Waals surface area contributed by atoms with Gasteiger partial charge in [0.2, 0.25) is 0 Å². The van der Waals surface area contributed by atoms with E-state index < -0.39 is 41.4 Å². The second-order valence-electron chi connectivity index (χ2n) is 6.60. The van der Waals surface area contributed by atoms with E-state index in [1.165, 1.54) is 13.8 Å². The Bertz CT molecular complexity index is 569. The van der Waals surface area contributed by atoms with E-state index in [9.17, 15) is 19.2 Å². The third-order valence-corrected chi connectivity index (χ3v) is 5.32. The zero-order valence-corrected chi connectivity index (χ0v) is 13.2. The van der Waals surface area contributed by atoms with Crippen LogP contribution in [0.4, 0.5) is 0 Å². The Balaban J connectivity index is 1.91. The van der Waals surface area contributed by atoms with Crippen LogP contribution in [0.1, 0.15) is 39.5 Å². The standard InChI is InChI=1S/C16H20O7/c1-8-13(18)21-7-10-6-11-12(17)4-3-5-16(10,11)15(20)23-9(2)14(19)22-8/h8-11H,3-7H2,1-2H3/t8-,9-,10-,11-,16+/m0/s1. The molecule has 3 aliphatic rings. The Labute approximate surface area is 133 Å². The minimum Gasteiger partial charge on any atom is -0.463 e. The average Bonchev–Trinajstić information content (AvgIpc) is 2.48. The summed E-state index contributed by atoms with van der Waals surface area (Å²) in [6.45, 7) is 2.85. The van der Waals surface area contributed by atoms with Gasteiger partial charge in [0.1, 0.15) is 5.78 Å². The first-order valence-electron chi connectivity index (χ1n) is 7.97. The van der Waals surface area contributed by atoms with Gasteiger partial charge in [0.25, 0.3) is 0 Å². The predicted molar refractivity (Wildman–Crippen MR) is 75.0 cm³/mol. The van der Waals surface area contributed by atoms with Gasteiger partial charge in [-0.05, 0) is 33.1 Å². The van der Waals surface area contributed by atoms with Crippen LogP contribution in [0.5, 0.6) is 0 Å². The fourth-order valence-electron chi connectivity index (χ4n) is 3.92. The summed E-state index contributed by atoms with van der Waals surface area (Å²) < 4.78 is 15.4. The van der Waals surface area contributed by atoms with Gasteiger partial charge < -0.3 is 14.2 Å². The van der Waals surface area contributed by atoms with Crippen LogP contribution in [0, 0.1) is 17.3 Å². The number of ether oxygens (including phenoxy) is 3. The molecule has 0 amide bonds. The second kappa shape index (κ2) is 5.62. The van der Waals surface area contributed by atoms with Gasteiger partial charge in [-0.25, -0.2) is 9.59 Å². The lowest BCUT2D eigenvalue weighted by Crippen LogP contribution is -2.61. The quantitative estimate of drug-likeness (QED) is 0.480. The summed E-state index contributed by atoms with van der Waals surface area (Å²) in [6, 6.07) is 0. The van der Waals surface area contributed by atoms with E-state index in [2.05, 4.69) is 0 Å². The molecule has 3 rings (SSSR count). The molecule has 23 heavy (non-hydrogen) atoms. The van der Waals surface area contributed by atoms with Crippen molar-refractivity contribution in [3.8, 4) is 0 Å². The van der Waals surface area contributed by atoms with Crippen LogP contribution in [0.15, 0.2) is 0 Å². The summed E-state index contributed by atoms with van der Waals surface area (Å²) in [5, 5.41) is 0. The van der Waals surface area contributed by atoms with E-state index in [0.29, 0.717) is 25.7 Å². The molecule has 7 nitrogen and oxygen atoms in total. The van der Waals surface area contributed by atoms with Gasteiger partial charge >= 0.3 is 17.9 Å². The molecule has 0 aromatic rings. The molecule has 0 radical (unpaired) electrons. The van der Waals surface area contributed by atoms with Crippen LogP contribution in [-0.4, -0.2) is 42.5 Å². The van der Waals surface area contributed by atoms with Crippen molar-refractivity contribution in [1.29, 1.82) is 0 Å². The zero-order valence-electron chi connectivity index (χ0n) is 13.2. The van der Waals surface area contributed by atoms with Gasteiger partial charge in [0.05, 0.1) is 12.0 Å². The maximum atomic E-state index is 12.7. The van der Waals surface area contributed by atoms with Crippen LogP contribution < -0.4 is 0 Å². The highest BCUT2D eigenvalue weighted by atomic mass is 16.6. The molecule has 1 aliphatic heterocycles. The van der Waals surface area contributed by atoms with Crippen molar-refractivity contribution in [3.05, 3.63) is 0 Å². The van der Waals surface area contributed by atoms with Crippen LogP contribution in [0.2, 0.25) is 0 Å². The van der Waals surface area contributed by atoms with Gasteiger partial charge in [0.15, 0.2) is 12.2 Å². The first-order chi connectivity index (χ1) is 10.9. The zero-order chi connectivity index (χ0) is 16.8. The fraction of sp³-hybridized carbons (Fsp3) is 0.750. The van der Waals surface area contributed by atoms with Crippen molar-refractivity contribution >= 4 is 23.7 Å². The minimum absolute atomic E-state index is 0.0357. The molecule has 0 N–H and O–H groups in total. The maximum absolute atomic E-state index is 12.7. The summed E-state index contributed by atoms with van der Waals surface area (Å²) in [4.78, 5) is 48.6. The van der Waals surface area contributed by atoms with Crippen LogP contribution >= 0.6 is 0 Å². The number of cyclic esters (lactones) is 3. The Morgan fingerprint density at radius 1 is 1.00 bits per heavy atom. The molecule has 1 saturated heterocycles. The van der Waals surface area contributed by atoms with Crippen molar-refractivity contribution in [2.24, 2.45) is 17.3 Å². The highest BCUT2D eigenvalue weighted by Crippen LogP contribution is 2.59. The number of carbonyl (C=O) groups excluding carboxylic acids is 4. The van der Waals surface area contributed by atoms with E-state index in [1.54, 1.807) is 0 Å². The second-order valence-corrected chi connectivity index (χ2v) is 6.60. The lowest BCUT2D eigenvalue weighted by molar-refractivity contribution is -0.197. The SMILES string of the molecule is C[C@@H]1OC(=O)[C@H](C)OC(=O)[C@@]23CCCC(=O)[C@@H]2C[C@H]3COC1=O. The molecular formula is C16H20O7. The third-order valence-electron chi connectivity index (χ3n) is 5.32. The van der Waals surface area contributed by atoms with Crippen molar-refractivity contribution in [2.45, 2.75) is 51.7 Å². The topological polar surface area (TPSA) is 96.0 Å². The van der Waals surface area contributed by atoms with Crippen LogP contribution in [-0.2, 0) is 33.4 Å². The molecule has 126 valence electrons. The maximum Gasteiger partial charge on any atom is 0.347 e. The van der Waals surface area contributed by atoms with Gasteiger partial charge in [-0.1, -0.05) is 0 Å². The first-order valence-corrected chi connectivity index (χ1v) is 7.97. The molecule has 1 heterocycles. The third kappa shape index (κ3) is 2.42. The summed E-state index contributed by atoms with van der Waals surface area (Å²) in [5.41, 5.74) is -0.961. The van der Waals surface area contributed by atoms with Crippen molar-refractivity contribution in [2.75, 3.05) is 6.61 Å². The number of rotatable bonds is 0. The number of ketones is 1. The van der Waals surface area contributed by atoms with Gasteiger partial charge in [0, 0.05) is 18.3 Å². The van der Waals surface area contributed by atoms with Crippen molar-refractivity contribution in [3.63, 3.8) is 0 Å². The predicted octanol–water partition coefficient (Wildman–Crippen LogP) is 0.782. The monoisotopic (exact) mass is 324 g/mol. The number of carbonyl (C=O) groups is 4. The molecule has 2 saturated carbocycles. The van der Waals surface area contributed by atoms with Gasteiger partial charge in [-0.2, -0.15) is 0 Å². The van der Waals surface area contributed by atoms with E-state index >= 15 is 0 Å². The molecule has 1 spiro atoms. The number of hydrogen-bond acceptors (Lipinski definition) is 7. The molecule has 0 aromatic heterocycles. The van der Waals surface area contributed by atoms with E-state index in [0.717, 1.165) is 0 Å². The largest absolute Gasteiger partial charge is 0.463 e. The number of Topliss-reactive ketones (excluding diaryl/α,β-unsaturated/α-hetero) is 1. The number of hydrogen-bond donors (Lipinski definition) is 0. The Hall–Kier alpha value is -1.92. The molecule has 3 fully saturated rings. The Morgan fingerprint density at radius 3 is 2.43 bits per heavy atom. The molecule has 2 aliphatic carbocycles. The normalized spacial score (nSPS) is 41.3. The Kier molecular flexibility index (Phi) is 3.90. The van der Waals surface area contributed by atoms with E-state index in [4.69, 9.17) is 14.2 Å². The van der Waals surface area contributed by atoms with Crippen LogP contribution in [0.3, 0.4) is 0 Å². The highest BCUT2D eigenvalue weighted by Gasteiger charge is 2.65. The van der Waals surface area contributed by atoms with Gasteiger partial charge in [-0.3, -0.25) is 9.59 Å². The molecule has 0 bridgehead atoms. The molecule has 0 aromatic carbocycles. The lowest BCUT2D eigenvalue weighted by atomic mass is 9.47. The van der Waals surface area contributed by atoms with Crippen molar-refractivity contribution < 1.29 is 33.4 Å². The fourth-order valence-corrected chi connectivity index (χ4v) is 3.92. The van der Waals surface area contributed by atoms with E-state index in [1.807, 2.05) is 0 Å². The highest BCUT2D eigenvalue weighted by molar-refractivity contribution is 5.94. The summed E-state index contributed by atoms with van der Waals surface area (Å²) >= 11 is 0. The average molecular weight is 324 g/mol. The molecular weight excluding hydrogens is 304 g/mol. The summed E-state index contributed by atoms with van der Waals surface area (Å²) in [5.74, 6) is -2.60. The summed E-state index contributed by atoms with van der Waals surface area (Å²) in [6.07, 6.45) is -0.0865. The summed E-state index contributed by atoms with van der Waals surface area (Å²) in [7, 11) is 0. The van der Waals surface area contributed by atoms with E-state index in [-0.39, 0.29) is 18.3 Å². The minimum atomic E-state index is -1.12. The van der Waals surface area contributed by atoms with Gasteiger partial charge in [-0.15, -0.1) is 0 Å². The molecule has 7 heteroatoms. The Morgan fingerprint density at radius 2 is 1.70 bits per heavy atom. The lowest BCUT2D eigenvalue weighted by Gasteiger charge is -2.55. The number of esters is 3.